The molecule has 1 aromatic rings. The standard InChI is InChI=1S/C12H16N2O3/c1-8(2)14(7-11(15)16)12(17)10-5-4-6-13-9(10)3/h4-6,8H,7H2,1-3H3,(H,15,16). The smallest absolute Gasteiger partial charge is 0.323 e. The van der Waals surface area contributed by atoms with Crippen molar-refractivity contribution in [2.45, 2.75) is 26.8 Å². The molecule has 1 amide bonds. The highest BCUT2D eigenvalue weighted by atomic mass is 16.4. The first-order chi connectivity index (χ1) is 7.93. The summed E-state index contributed by atoms with van der Waals surface area (Å²) in [4.78, 5) is 28.2. The summed E-state index contributed by atoms with van der Waals surface area (Å²) < 4.78 is 0. The molecule has 0 aromatic carbocycles. The van der Waals surface area contributed by atoms with E-state index in [1.54, 1.807) is 39.1 Å². The number of carbonyl (C=O) groups is 2. The average Bonchev–Trinajstić information content (AvgIpc) is 2.25. The van der Waals surface area contributed by atoms with Crippen LogP contribution in [0, 0.1) is 6.92 Å². The van der Waals surface area contributed by atoms with E-state index in [9.17, 15) is 9.59 Å². The van der Waals surface area contributed by atoms with Crippen LogP contribution in [0.1, 0.15) is 29.9 Å². The van der Waals surface area contributed by atoms with Crippen molar-refractivity contribution in [1.82, 2.24) is 9.88 Å². The van der Waals surface area contributed by atoms with Crippen LogP contribution in [0.5, 0.6) is 0 Å². The molecule has 1 aromatic heterocycles. The van der Waals surface area contributed by atoms with Gasteiger partial charge in [-0.05, 0) is 32.9 Å². The quantitative estimate of drug-likeness (QED) is 0.856. The van der Waals surface area contributed by atoms with Crippen LogP contribution in [-0.4, -0.2) is 39.5 Å². The van der Waals surface area contributed by atoms with Gasteiger partial charge in [0.25, 0.3) is 5.91 Å². The van der Waals surface area contributed by atoms with Crippen molar-refractivity contribution < 1.29 is 14.7 Å². The first kappa shape index (κ1) is 13.2. The van der Waals surface area contributed by atoms with E-state index in [1.807, 2.05) is 0 Å². The maximum absolute atomic E-state index is 12.2. The molecular weight excluding hydrogens is 220 g/mol. The van der Waals surface area contributed by atoms with E-state index < -0.39 is 5.97 Å². The highest BCUT2D eigenvalue weighted by Gasteiger charge is 2.22. The number of hydrogen-bond acceptors (Lipinski definition) is 3. The summed E-state index contributed by atoms with van der Waals surface area (Å²) in [5, 5.41) is 8.79. The average molecular weight is 236 g/mol. The van der Waals surface area contributed by atoms with E-state index >= 15 is 0 Å². The number of amides is 1. The third-order valence-corrected chi connectivity index (χ3v) is 2.43. The second-order valence-corrected chi connectivity index (χ2v) is 4.06. The van der Waals surface area contributed by atoms with Crippen molar-refractivity contribution in [3.05, 3.63) is 29.6 Å². The van der Waals surface area contributed by atoms with Gasteiger partial charge in [0.15, 0.2) is 0 Å². The maximum atomic E-state index is 12.2. The second-order valence-electron chi connectivity index (χ2n) is 4.06. The molecule has 0 radical (unpaired) electrons. The molecule has 0 aliphatic carbocycles. The summed E-state index contributed by atoms with van der Waals surface area (Å²) in [6.07, 6.45) is 1.60. The number of hydrogen-bond donors (Lipinski definition) is 1. The SMILES string of the molecule is Cc1ncccc1C(=O)N(CC(=O)O)C(C)C. The van der Waals surface area contributed by atoms with E-state index in [4.69, 9.17) is 5.11 Å². The molecule has 0 saturated heterocycles. The number of carbonyl (C=O) groups excluding carboxylic acids is 1. The number of aromatic nitrogens is 1. The predicted octanol–water partition coefficient (Wildman–Crippen LogP) is 1.33. The monoisotopic (exact) mass is 236 g/mol. The minimum absolute atomic E-state index is 0.168. The Hall–Kier alpha value is -1.91. The Kier molecular flexibility index (Phi) is 4.20. The van der Waals surface area contributed by atoms with E-state index in [0.29, 0.717) is 11.3 Å². The maximum Gasteiger partial charge on any atom is 0.323 e. The lowest BCUT2D eigenvalue weighted by Gasteiger charge is -2.25. The van der Waals surface area contributed by atoms with Gasteiger partial charge in [0.1, 0.15) is 6.54 Å². The number of rotatable bonds is 4. The normalized spacial score (nSPS) is 10.4. The first-order valence-corrected chi connectivity index (χ1v) is 5.38. The van der Waals surface area contributed by atoms with Crippen molar-refractivity contribution in [2.75, 3.05) is 6.54 Å². The lowest BCUT2D eigenvalue weighted by molar-refractivity contribution is -0.138. The molecule has 0 aliphatic heterocycles. The lowest BCUT2D eigenvalue weighted by atomic mass is 10.1. The fraction of sp³-hybridized carbons (Fsp3) is 0.417. The van der Waals surface area contributed by atoms with Gasteiger partial charge >= 0.3 is 5.97 Å². The van der Waals surface area contributed by atoms with Crippen LogP contribution in [0.4, 0.5) is 0 Å². The van der Waals surface area contributed by atoms with Crippen molar-refractivity contribution in [3.63, 3.8) is 0 Å². The van der Waals surface area contributed by atoms with Gasteiger partial charge in [0, 0.05) is 17.9 Å². The summed E-state index contributed by atoms with van der Waals surface area (Å²) in [5.74, 6) is -1.32. The van der Waals surface area contributed by atoms with E-state index in [2.05, 4.69) is 4.98 Å². The summed E-state index contributed by atoms with van der Waals surface area (Å²) in [7, 11) is 0. The van der Waals surface area contributed by atoms with Crippen LogP contribution in [0.15, 0.2) is 18.3 Å². The molecular formula is C12H16N2O3. The Labute approximate surface area is 100 Å². The minimum Gasteiger partial charge on any atom is -0.480 e. The molecule has 5 heteroatoms. The highest BCUT2D eigenvalue weighted by Crippen LogP contribution is 2.10. The zero-order chi connectivity index (χ0) is 13.0. The Morgan fingerprint density at radius 3 is 2.59 bits per heavy atom. The fourth-order valence-corrected chi connectivity index (χ4v) is 1.50. The molecule has 0 bridgehead atoms. The summed E-state index contributed by atoms with van der Waals surface area (Å²) in [6.45, 7) is 5.00. The van der Waals surface area contributed by atoms with E-state index in [-0.39, 0.29) is 18.5 Å². The number of carboxylic acids is 1. The molecule has 5 nitrogen and oxygen atoms in total. The fourth-order valence-electron chi connectivity index (χ4n) is 1.50. The second kappa shape index (κ2) is 5.43. The number of nitrogens with zero attached hydrogens (tertiary/aromatic N) is 2. The number of pyridine rings is 1. The van der Waals surface area contributed by atoms with Gasteiger partial charge in [-0.1, -0.05) is 0 Å². The Bertz CT molecular complexity index is 430. The summed E-state index contributed by atoms with van der Waals surface area (Å²) >= 11 is 0. The zero-order valence-corrected chi connectivity index (χ0v) is 10.2. The topological polar surface area (TPSA) is 70.5 Å². The highest BCUT2D eigenvalue weighted by molar-refractivity contribution is 5.96. The number of aliphatic carboxylic acids is 1. The molecule has 0 saturated carbocycles. The van der Waals surface area contributed by atoms with Gasteiger partial charge in [0.2, 0.25) is 0 Å². The van der Waals surface area contributed by atoms with Crippen LogP contribution >= 0.6 is 0 Å². The Balaban J connectivity index is 3.00. The molecule has 0 spiro atoms. The van der Waals surface area contributed by atoms with Gasteiger partial charge in [-0.15, -0.1) is 0 Å². The van der Waals surface area contributed by atoms with Gasteiger partial charge in [0.05, 0.1) is 5.56 Å². The molecule has 1 N–H and O–H groups in total. The predicted molar refractivity (Wildman–Crippen MR) is 62.8 cm³/mol. The van der Waals surface area contributed by atoms with Crippen LogP contribution in [0.2, 0.25) is 0 Å². The van der Waals surface area contributed by atoms with Gasteiger partial charge < -0.3 is 10.0 Å². The third kappa shape index (κ3) is 3.27. The Morgan fingerprint density at radius 1 is 1.47 bits per heavy atom. The lowest BCUT2D eigenvalue weighted by Crippen LogP contribution is -2.41. The zero-order valence-electron chi connectivity index (χ0n) is 10.2. The first-order valence-electron chi connectivity index (χ1n) is 5.38. The molecule has 0 aliphatic rings. The molecule has 0 unspecified atom stereocenters. The van der Waals surface area contributed by atoms with Crippen molar-refractivity contribution in [3.8, 4) is 0 Å². The van der Waals surface area contributed by atoms with Gasteiger partial charge in [-0.25, -0.2) is 0 Å². The van der Waals surface area contributed by atoms with Crippen LogP contribution in [0.25, 0.3) is 0 Å². The van der Waals surface area contributed by atoms with Crippen LogP contribution in [-0.2, 0) is 4.79 Å². The Morgan fingerprint density at radius 2 is 2.12 bits per heavy atom. The number of carboxylic acid groups (broad SMARTS) is 1. The van der Waals surface area contributed by atoms with Crippen LogP contribution in [0.3, 0.4) is 0 Å². The largest absolute Gasteiger partial charge is 0.480 e. The van der Waals surface area contributed by atoms with E-state index in [0.717, 1.165) is 0 Å². The summed E-state index contributed by atoms with van der Waals surface area (Å²) in [5.41, 5.74) is 1.05. The van der Waals surface area contributed by atoms with Gasteiger partial charge in [-0.2, -0.15) is 0 Å². The minimum atomic E-state index is -1.02. The van der Waals surface area contributed by atoms with Crippen molar-refractivity contribution >= 4 is 11.9 Å². The van der Waals surface area contributed by atoms with E-state index in [1.165, 1.54) is 4.90 Å². The number of aryl methyl sites for hydroxylation is 1. The molecule has 92 valence electrons. The molecule has 1 rings (SSSR count). The van der Waals surface area contributed by atoms with Crippen molar-refractivity contribution in [2.24, 2.45) is 0 Å². The molecule has 17 heavy (non-hydrogen) atoms. The molecule has 1 heterocycles. The third-order valence-electron chi connectivity index (χ3n) is 2.43. The van der Waals surface area contributed by atoms with Crippen molar-refractivity contribution in [1.29, 1.82) is 0 Å². The molecule has 0 atom stereocenters. The van der Waals surface area contributed by atoms with Crippen LogP contribution < -0.4 is 0 Å². The summed E-state index contributed by atoms with van der Waals surface area (Å²) in [6, 6.07) is 3.15. The van der Waals surface area contributed by atoms with Gasteiger partial charge in [-0.3, -0.25) is 14.6 Å². The molecule has 0 fully saturated rings.